The summed E-state index contributed by atoms with van der Waals surface area (Å²) in [5.41, 5.74) is 0.108. The van der Waals surface area contributed by atoms with Crippen molar-refractivity contribution in [1.29, 1.82) is 0 Å². The summed E-state index contributed by atoms with van der Waals surface area (Å²) in [7, 11) is 0. The van der Waals surface area contributed by atoms with Crippen molar-refractivity contribution in [3.63, 3.8) is 0 Å². The molecule has 0 saturated carbocycles. The van der Waals surface area contributed by atoms with E-state index >= 15 is 0 Å². The van der Waals surface area contributed by atoms with Crippen molar-refractivity contribution in [2.75, 3.05) is 5.32 Å². The average Bonchev–Trinajstić information content (AvgIpc) is 2.75. The quantitative estimate of drug-likeness (QED) is 0.880. The van der Waals surface area contributed by atoms with Crippen molar-refractivity contribution < 1.29 is 18.0 Å². The summed E-state index contributed by atoms with van der Waals surface area (Å²) in [6, 6.07) is 4.45. The fourth-order valence-electron chi connectivity index (χ4n) is 1.55. The third-order valence-electron chi connectivity index (χ3n) is 2.52. The number of alkyl halides is 3. The van der Waals surface area contributed by atoms with Crippen LogP contribution in [0, 0.1) is 6.92 Å². The lowest BCUT2D eigenvalue weighted by atomic mass is 10.2. The number of aromatic amines is 1. The number of amides is 1. The van der Waals surface area contributed by atoms with E-state index in [0.29, 0.717) is 5.69 Å². The molecule has 0 aliphatic heterocycles. The molecule has 0 bridgehead atoms. The maximum Gasteiger partial charge on any atom is 0.416 e. The van der Waals surface area contributed by atoms with Crippen LogP contribution in [-0.4, -0.2) is 16.1 Å². The van der Waals surface area contributed by atoms with Gasteiger partial charge in [-0.05, 0) is 25.1 Å². The van der Waals surface area contributed by atoms with Gasteiger partial charge in [0.25, 0.3) is 5.91 Å². The highest BCUT2D eigenvalue weighted by Gasteiger charge is 2.30. The number of nitrogens with zero attached hydrogens (tertiary/aromatic N) is 1. The van der Waals surface area contributed by atoms with E-state index in [1.54, 1.807) is 6.92 Å². The van der Waals surface area contributed by atoms with Crippen LogP contribution in [0.15, 0.2) is 30.5 Å². The van der Waals surface area contributed by atoms with E-state index in [9.17, 15) is 18.0 Å². The summed E-state index contributed by atoms with van der Waals surface area (Å²) in [4.78, 5) is 11.8. The molecule has 0 unspecified atom stereocenters. The first kappa shape index (κ1) is 13.1. The van der Waals surface area contributed by atoms with Gasteiger partial charge in [0.05, 0.1) is 17.3 Å². The van der Waals surface area contributed by atoms with E-state index in [-0.39, 0.29) is 11.3 Å². The Labute approximate surface area is 106 Å². The Bertz CT molecular complexity index is 604. The molecular weight excluding hydrogens is 259 g/mol. The summed E-state index contributed by atoms with van der Waals surface area (Å²) >= 11 is 0. The Morgan fingerprint density at radius 1 is 1.37 bits per heavy atom. The van der Waals surface area contributed by atoms with Gasteiger partial charge in [0.15, 0.2) is 0 Å². The largest absolute Gasteiger partial charge is 0.416 e. The number of hydrogen-bond acceptors (Lipinski definition) is 2. The minimum absolute atomic E-state index is 0.0837. The van der Waals surface area contributed by atoms with Crippen molar-refractivity contribution in [3.8, 4) is 0 Å². The highest BCUT2D eigenvalue weighted by molar-refractivity contribution is 6.04. The molecule has 0 aliphatic rings. The molecule has 100 valence electrons. The van der Waals surface area contributed by atoms with Gasteiger partial charge >= 0.3 is 6.18 Å². The number of aryl methyl sites for hydroxylation is 1. The molecule has 0 atom stereocenters. The second-order valence-electron chi connectivity index (χ2n) is 3.94. The monoisotopic (exact) mass is 269 g/mol. The number of nitrogens with one attached hydrogen (secondary N) is 2. The highest BCUT2D eigenvalue weighted by atomic mass is 19.4. The Morgan fingerprint density at radius 2 is 2.11 bits per heavy atom. The maximum atomic E-state index is 12.5. The first-order valence-corrected chi connectivity index (χ1v) is 5.36. The van der Waals surface area contributed by atoms with E-state index < -0.39 is 17.6 Å². The van der Waals surface area contributed by atoms with Gasteiger partial charge in [-0.2, -0.15) is 18.3 Å². The predicted molar refractivity (Wildman–Crippen MR) is 62.7 cm³/mol. The van der Waals surface area contributed by atoms with Crippen LogP contribution >= 0.6 is 0 Å². The van der Waals surface area contributed by atoms with Crippen LogP contribution in [0.1, 0.15) is 21.6 Å². The van der Waals surface area contributed by atoms with Gasteiger partial charge in [-0.3, -0.25) is 9.89 Å². The smallest absolute Gasteiger partial charge is 0.322 e. The Morgan fingerprint density at radius 3 is 2.68 bits per heavy atom. The van der Waals surface area contributed by atoms with Crippen molar-refractivity contribution in [2.45, 2.75) is 13.1 Å². The number of rotatable bonds is 2. The fraction of sp³-hybridized carbons (Fsp3) is 0.167. The van der Waals surface area contributed by atoms with E-state index in [0.717, 1.165) is 12.1 Å². The molecule has 0 spiro atoms. The SMILES string of the molecule is Cc1[nH]ncc1C(=O)Nc1cccc(C(F)(F)F)c1. The van der Waals surface area contributed by atoms with Gasteiger partial charge in [0.1, 0.15) is 0 Å². The second kappa shape index (κ2) is 4.75. The van der Waals surface area contributed by atoms with Crippen molar-refractivity contribution in [2.24, 2.45) is 0 Å². The van der Waals surface area contributed by atoms with Crippen molar-refractivity contribution in [1.82, 2.24) is 10.2 Å². The molecule has 2 rings (SSSR count). The molecule has 0 saturated heterocycles. The van der Waals surface area contributed by atoms with E-state index in [1.807, 2.05) is 0 Å². The second-order valence-corrected chi connectivity index (χ2v) is 3.94. The van der Waals surface area contributed by atoms with Crippen LogP contribution < -0.4 is 5.32 Å². The summed E-state index contributed by atoms with van der Waals surface area (Å²) in [6.45, 7) is 1.65. The number of carbonyl (C=O) groups excluding carboxylic acids is 1. The fourth-order valence-corrected chi connectivity index (χ4v) is 1.55. The molecule has 1 aromatic carbocycles. The molecule has 0 radical (unpaired) electrons. The van der Waals surface area contributed by atoms with E-state index in [2.05, 4.69) is 15.5 Å². The van der Waals surface area contributed by atoms with Crippen LogP contribution in [0.2, 0.25) is 0 Å². The topological polar surface area (TPSA) is 57.8 Å². The number of halogens is 3. The maximum absolute atomic E-state index is 12.5. The van der Waals surface area contributed by atoms with Gasteiger partial charge in [-0.1, -0.05) is 6.07 Å². The molecule has 1 heterocycles. The van der Waals surface area contributed by atoms with E-state index in [4.69, 9.17) is 0 Å². The number of carbonyl (C=O) groups is 1. The molecule has 2 aromatic rings. The van der Waals surface area contributed by atoms with Gasteiger partial charge < -0.3 is 5.32 Å². The average molecular weight is 269 g/mol. The number of benzene rings is 1. The molecule has 0 aliphatic carbocycles. The third-order valence-corrected chi connectivity index (χ3v) is 2.52. The molecule has 7 heteroatoms. The molecule has 1 aromatic heterocycles. The number of hydrogen-bond donors (Lipinski definition) is 2. The standard InChI is InChI=1S/C12H10F3N3O/c1-7-10(6-16-18-7)11(19)17-9-4-2-3-8(5-9)12(13,14)15/h2-6H,1H3,(H,16,18)(H,17,19). The lowest BCUT2D eigenvalue weighted by Gasteiger charge is -2.09. The molecule has 4 nitrogen and oxygen atoms in total. The minimum Gasteiger partial charge on any atom is -0.322 e. The Hall–Kier alpha value is -2.31. The lowest BCUT2D eigenvalue weighted by Crippen LogP contribution is -2.13. The van der Waals surface area contributed by atoms with Gasteiger partial charge in [-0.15, -0.1) is 0 Å². The summed E-state index contributed by atoms with van der Waals surface area (Å²) in [5, 5.41) is 8.65. The predicted octanol–water partition coefficient (Wildman–Crippen LogP) is 2.99. The molecule has 0 fully saturated rings. The first-order chi connectivity index (χ1) is 8.88. The summed E-state index contributed by atoms with van der Waals surface area (Å²) in [6.07, 6.45) is -3.12. The third kappa shape index (κ3) is 2.93. The zero-order valence-electron chi connectivity index (χ0n) is 9.88. The van der Waals surface area contributed by atoms with Crippen LogP contribution in [0.25, 0.3) is 0 Å². The van der Waals surface area contributed by atoms with Crippen LogP contribution in [0.3, 0.4) is 0 Å². The number of H-pyrrole nitrogens is 1. The summed E-state index contributed by atoms with van der Waals surface area (Å²) < 4.78 is 37.5. The Kier molecular flexibility index (Phi) is 3.28. The van der Waals surface area contributed by atoms with Gasteiger partial charge in [0.2, 0.25) is 0 Å². The zero-order chi connectivity index (χ0) is 14.0. The number of anilines is 1. The highest BCUT2D eigenvalue weighted by Crippen LogP contribution is 2.30. The molecular formula is C12H10F3N3O. The van der Waals surface area contributed by atoms with Crippen molar-refractivity contribution in [3.05, 3.63) is 47.3 Å². The summed E-state index contributed by atoms with van der Waals surface area (Å²) in [5.74, 6) is -0.509. The van der Waals surface area contributed by atoms with Gasteiger partial charge in [-0.25, -0.2) is 0 Å². The zero-order valence-corrected chi connectivity index (χ0v) is 9.88. The van der Waals surface area contributed by atoms with Gasteiger partial charge in [0, 0.05) is 11.4 Å². The number of aromatic nitrogens is 2. The van der Waals surface area contributed by atoms with Crippen LogP contribution in [0.4, 0.5) is 18.9 Å². The molecule has 1 amide bonds. The van der Waals surface area contributed by atoms with E-state index in [1.165, 1.54) is 18.3 Å². The lowest BCUT2D eigenvalue weighted by molar-refractivity contribution is -0.137. The first-order valence-electron chi connectivity index (χ1n) is 5.36. The minimum atomic E-state index is -4.44. The normalized spacial score (nSPS) is 11.4. The Balaban J connectivity index is 2.21. The molecule has 2 N–H and O–H groups in total. The van der Waals surface area contributed by atoms with Crippen LogP contribution in [-0.2, 0) is 6.18 Å². The molecule has 19 heavy (non-hydrogen) atoms. The van der Waals surface area contributed by atoms with Crippen LogP contribution in [0.5, 0.6) is 0 Å². The van der Waals surface area contributed by atoms with Crippen molar-refractivity contribution >= 4 is 11.6 Å².